The molecular weight excluding hydrogens is 276 g/mol. The molecule has 20 heavy (non-hydrogen) atoms. The first-order valence-electron chi connectivity index (χ1n) is 6.14. The Morgan fingerprint density at radius 1 is 1.20 bits per heavy atom. The second-order valence-electron chi connectivity index (χ2n) is 4.28. The van der Waals surface area contributed by atoms with Gasteiger partial charge in [-0.3, -0.25) is 4.98 Å². The van der Waals surface area contributed by atoms with Crippen LogP contribution in [0.15, 0.2) is 42.6 Å². The first-order chi connectivity index (χ1) is 9.80. The highest BCUT2D eigenvalue weighted by Crippen LogP contribution is 2.32. The zero-order valence-corrected chi connectivity index (χ0v) is 11.6. The van der Waals surface area contributed by atoms with Gasteiger partial charge in [0.05, 0.1) is 24.9 Å². The number of aromatic nitrogens is 2. The Morgan fingerprint density at radius 3 is 2.80 bits per heavy atom. The van der Waals surface area contributed by atoms with Crippen LogP contribution in [-0.4, -0.2) is 17.1 Å². The first kappa shape index (κ1) is 12.8. The van der Waals surface area contributed by atoms with Gasteiger partial charge < -0.3 is 14.5 Å². The lowest BCUT2D eigenvalue weighted by Gasteiger charge is -2.09. The van der Waals surface area contributed by atoms with Crippen LogP contribution >= 0.6 is 11.6 Å². The monoisotopic (exact) mass is 288 g/mol. The van der Waals surface area contributed by atoms with Crippen molar-refractivity contribution < 1.29 is 9.47 Å². The highest BCUT2D eigenvalue weighted by atomic mass is 35.5. The standard InChI is InChI=1S/C15H13ClN2O2/c1-19-14-9-17-11(8-16)7-13(14)20-15-6-10-4-2-3-5-12(10)18-15/h2-7,9,18H,8H2,1H3. The van der Waals surface area contributed by atoms with E-state index in [0.717, 1.165) is 16.6 Å². The largest absolute Gasteiger partial charge is 0.491 e. The van der Waals surface area contributed by atoms with Crippen LogP contribution in [0.4, 0.5) is 0 Å². The summed E-state index contributed by atoms with van der Waals surface area (Å²) in [6, 6.07) is 11.7. The third-order valence-electron chi connectivity index (χ3n) is 2.97. The molecule has 0 saturated carbocycles. The minimum atomic E-state index is 0.326. The summed E-state index contributed by atoms with van der Waals surface area (Å²) in [6.45, 7) is 0. The third-order valence-corrected chi connectivity index (χ3v) is 3.24. The zero-order valence-electron chi connectivity index (χ0n) is 10.9. The molecule has 1 aromatic carbocycles. The molecule has 0 bridgehead atoms. The van der Waals surface area contributed by atoms with Gasteiger partial charge in [0.25, 0.3) is 0 Å². The van der Waals surface area contributed by atoms with E-state index >= 15 is 0 Å². The molecule has 0 spiro atoms. The number of benzene rings is 1. The van der Waals surface area contributed by atoms with Crippen molar-refractivity contribution >= 4 is 22.5 Å². The summed E-state index contributed by atoms with van der Waals surface area (Å²) in [5.41, 5.74) is 1.76. The summed E-state index contributed by atoms with van der Waals surface area (Å²) in [4.78, 5) is 7.37. The van der Waals surface area contributed by atoms with Crippen molar-refractivity contribution in [1.82, 2.24) is 9.97 Å². The number of pyridine rings is 1. The molecule has 2 aromatic heterocycles. The molecule has 0 unspecified atom stereocenters. The van der Waals surface area contributed by atoms with Crippen molar-refractivity contribution in [3.05, 3.63) is 48.3 Å². The summed E-state index contributed by atoms with van der Waals surface area (Å²) in [5.74, 6) is 2.13. The first-order valence-corrected chi connectivity index (χ1v) is 6.68. The van der Waals surface area contributed by atoms with Gasteiger partial charge >= 0.3 is 0 Å². The van der Waals surface area contributed by atoms with E-state index in [1.54, 1.807) is 19.4 Å². The Bertz CT molecular complexity index is 707. The van der Waals surface area contributed by atoms with Crippen LogP contribution in [0, 0.1) is 0 Å². The number of hydrogen-bond acceptors (Lipinski definition) is 3. The van der Waals surface area contributed by atoms with Crippen molar-refractivity contribution in [2.24, 2.45) is 0 Å². The molecule has 3 rings (SSSR count). The van der Waals surface area contributed by atoms with E-state index in [-0.39, 0.29) is 0 Å². The number of fused-ring (bicyclic) bond motifs is 1. The van der Waals surface area contributed by atoms with Crippen molar-refractivity contribution in [2.45, 2.75) is 5.88 Å². The lowest BCUT2D eigenvalue weighted by Crippen LogP contribution is -1.94. The van der Waals surface area contributed by atoms with Crippen molar-refractivity contribution in [3.63, 3.8) is 0 Å². The van der Waals surface area contributed by atoms with Crippen LogP contribution in [0.1, 0.15) is 5.69 Å². The number of halogens is 1. The van der Waals surface area contributed by atoms with E-state index in [1.165, 1.54) is 0 Å². The smallest absolute Gasteiger partial charge is 0.198 e. The number of nitrogens with one attached hydrogen (secondary N) is 1. The molecule has 0 radical (unpaired) electrons. The van der Waals surface area contributed by atoms with Gasteiger partial charge in [0.2, 0.25) is 0 Å². The van der Waals surface area contributed by atoms with Gasteiger partial charge in [-0.05, 0) is 6.07 Å². The van der Waals surface area contributed by atoms with E-state index in [4.69, 9.17) is 21.1 Å². The van der Waals surface area contributed by atoms with E-state index in [0.29, 0.717) is 23.3 Å². The predicted octanol–water partition coefficient (Wildman–Crippen LogP) is 4.10. The van der Waals surface area contributed by atoms with E-state index in [1.807, 2.05) is 30.3 Å². The summed E-state index contributed by atoms with van der Waals surface area (Å²) in [7, 11) is 1.58. The van der Waals surface area contributed by atoms with Gasteiger partial charge in [0.15, 0.2) is 17.4 Å². The minimum absolute atomic E-state index is 0.326. The van der Waals surface area contributed by atoms with Gasteiger partial charge in [0, 0.05) is 23.0 Å². The lowest BCUT2D eigenvalue weighted by atomic mass is 10.3. The number of rotatable bonds is 4. The van der Waals surface area contributed by atoms with Crippen LogP contribution in [0.2, 0.25) is 0 Å². The number of para-hydroxylation sites is 1. The maximum atomic E-state index is 5.85. The SMILES string of the molecule is COc1cnc(CCl)cc1Oc1cc2ccccc2[nH]1. The Balaban J connectivity index is 1.97. The molecule has 1 N–H and O–H groups in total. The summed E-state index contributed by atoms with van der Waals surface area (Å²) < 4.78 is 11.1. The number of nitrogens with zero attached hydrogens (tertiary/aromatic N) is 1. The molecule has 5 heteroatoms. The average Bonchev–Trinajstić information content (AvgIpc) is 2.89. The molecule has 0 aliphatic heterocycles. The van der Waals surface area contributed by atoms with Crippen LogP contribution in [0.25, 0.3) is 10.9 Å². The van der Waals surface area contributed by atoms with E-state index < -0.39 is 0 Å². The van der Waals surface area contributed by atoms with Gasteiger partial charge in [-0.1, -0.05) is 18.2 Å². The number of methoxy groups -OCH3 is 1. The Labute approximate surface area is 121 Å². The molecule has 0 atom stereocenters. The molecule has 102 valence electrons. The molecule has 0 amide bonds. The molecule has 3 aromatic rings. The molecule has 4 nitrogen and oxygen atoms in total. The van der Waals surface area contributed by atoms with Crippen molar-refractivity contribution in [3.8, 4) is 17.4 Å². The summed E-state index contributed by atoms with van der Waals surface area (Å²) in [6.07, 6.45) is 1.61. The second-order valence-corrected chi connectivity index (χ2v) is 4.55. The summed E-state index contributed by atoms with van der Waals surface area (Å²) in [5, 5.41) is 1.09. The third kappa shape index (κ3) is 2.42. The van der Waals surface area contributed by atoms with Gasteiger partial charge in [-0.15, -0.1) is 11.6 Å². The topological polar surface area (TPSA) is 47.1 Å². The maximum absolute atomic E-state index is 5.85. The number of aromatic amines is 1. The Morgan fingerprint density at radius 2 is 2.05 bits per heavy atom. The van der Waals surface area contributed by atoms with E-state index in [2.05, 4.69) is 9.97 Å². The number of ether oxygens (including phenoxy) is 2. The van der Waals surface area contributed by atoms with Crippen LogP contribution in [0.3, 0.4) is 0 Å². The van der Waals surface area contributed by atoms with E-state index in [9.17, 15) is 0 Å². The predicted molar refractivity (Wildman–Crippen MR) is 78.7 cm³/mol. The quantitative estimate of drug-likeness (QED) is 0.735. The number of H-pyrrole nitrogens is 1. The average molecular weight is 289 g/mol. The molecule has 2 heterocycles. The van der Waals surface area contributed by atoms with Crippen molar-refractivity contribution in [2.75, 3.05) is 7.11 Å². The van der Waals surface area contributed by atoms with Gasteiger partial charge in [0.1, 0.15) is 0 Å². The molecular formula is C15H13ClN2O2. The fourth-order valence-corrected chi connectivity index (χ4v) is 2.14. The highest BCUT2D eigenvalue weighted by molar-refractivity contribution is 6.16. The molecule has 0 saturated heterocycles. The minimum Gasteiger partial charge on any atom is -0.491 e. The lowest BCUT2D eigenvalue weighted by molar-refractivity contribution is 0.373. The fraction of sp³-hybridized carbons (Fsp3) is 0.133. The maximum Gasteiger partial charge on any atom is 0.198 e. The van der Waals surface area contributed by atoms with Crippen LogP contribution < -0.4 is 9.47 Å². The second kappa shape index (κ2) is 5.43. The number of alkyl halides is 1. The molecule has 0 aliphatic rings. The Kier molecular flexibility index (Phi) is 3.48. The zero-order chi connectivity index (χ0) is 13.9. The van der Waals surface area contributed by atoms with Crippen LogP contribution in [-0.2, 0) is 5.88 Å². The molecule has 0 fully saturated rings. The number of hydrogen-bond donors (Lipinski definition) is 1. The fourth-order valence-electron chi connectivity index (χ4n) is 1.99. The van der Waals surface area contributed by atoms with Gasteiger partial charge in [-0.2, -0.15) is 0 Å². The summed E-state index contributed by atoms with van der Waals surface area (Å²) >= 11 is 5.79. The highest BCUT2D eigenvalue weighted by Gasteiger charge is 2.09. The molecule has 0 aliphatic carbocycles. The van der Waals surface area contributed by atoms with Gasteiger partial charge in [-0.25, -0.2) is 0 Å². The van der Waals surface area contributed by atoms with Crippen LogP contribution in [0.5, 0.6) is 17.4 Å². The Hall–Kier alpha value is -2.20. The van der Waals surface area contributed by atoms with Crippen molar-refractivity contribution in [1.29, 1.82) is 0 Å². The normalized spacial score (nSPS) is 10.7.